The second-order valence-electron chi connectivity index (χ2n) is 7.24. The van der Waals surface area contributed by atoms with Gasteiger partial charge in [-0.15, -0.1) is 11.3 Å². The van der Waals surface area contributed by atoms with Crippen LogP contribution in [0.1, 0.15) is 44.9 Å². The minimum absolute atomic E-state index is 0.473. The molecule has 120 valence electrons. The molecule has 1 saturated heterocycles. The van der Waals surface area contributed by atoms with Gasteiger partial charge in [0, 0.05) is 34.4 Å². The molecule has 1 unspecified atom stereocenters. The van der Waals surface area contributed by atoms with Crippen LogP contribution >= 0.6 is 27.3 Å². The average molecular weight is 373 g/mol. The highest BCUT2D eigenvalue weighted by Gasteiger charge is 2.26. The number of halogens is 1. The van der Waals surface area contributed by atoms with Crippen molar-refractivity contribution in [2.24, 2.45) is 11.3 Å². The van der Waals surface area contributed by atoms with Crippen LogP contribution in [0.25, 0.3) is 0 Å². The Kier molecular flexibility index (Phi) is 6.73. The molecule has 1 aromatic rings. The average Bonchev–Trinajstić information content (AvgIpc) is 2.68. The lowest BCUT2D eigenvalue weighted by Crippen LogP contribution is -2.33. The van der Waals surface area contributed by atoms with Crippen molar-refractivity contribution >= 4 is 27.3 Å². The third-order valence-corrected chi connectivity index (χ3v) is 6.27. The van der Waals surface area contributed by atoms with E-state index in [0.29, 0.717) is 5.41 Å². The summed E-state index contributed by atoms with van der Waals surface area (Å²) in [4.78, 5) is 4.05. The predicted molar refractivity (Wildman–Crippen MR) is 97.0 cm³/mol. The molecule has 0 aromatic carbocycles. The first-order valence-corrected chi connectivity index (χ1v) is 9.78. The first-order chi connectivity index (χ1) is 9.95. The zero-order valence-corrected chi connectivity index (χ0v) is 16.0. The predicted octanol–water partition coefficient (Wildman–Crippen LogP) is 4.75. The van der Waals surface area contributed by atoms with Crippen molar-refractivity contribution in [1.29, 1.82) is 0 Å². The highest BCUT2D eigenvalue weighted by atomic mass is 79.9. The fraction of sp³-hybridized carbons (Fsp3) is 0.765. The molecule has 21 heavy (non-hydrogen) atoms. The lowest BCUT2D eigenvalue weighted by molar-refractivity contribution is 0.208. The normalized spacial score (nSPS) is 21.4. The van der Waals surface area contributed by atoms with Crippen molar-refractivity contribution in [3.63, 3.8) is 0 Å². The van der Waals surface area contributed by atoms with Crippen LogP contribution < -0.4 is 5.32 Å². The molecule has 0 aliphatic carbocycles. The van der Waals surface area contributed by atoms with Gasteiger partial charge in [0.05, 0.1) is 0 Å². The van der Waals surface area contributed by atoms with E-state index in [1.54, 1.807) is 0 Å². The van der Waals surface area contributed by atoms with Crippen molar-refractivity contribution in [3.8, 4) is 0 Å². The van der Waals surface area contributed by atoms with Crippen LogP contribution in [0.5, 0.6) is 0 Å². The van der Waals surface area contributed by atoms with Gasteiger partial charge in [0.25, 0.3) is 0 Å². The maximum atomic E-state index is 3.57. The molecule has 0 amide bonds. The van der Waals surface area contributed by atoms with E-state index < -0.39 is 0 Å². The summed E-state index contributed by atoms with van der Waals surface area (Å²) in [5, 5.41) is 5.72. The Balaban J connectivity index is 1.65. The number of nitrogens with one attached hydrogen (secondary N) is 1. The lowest BCUT2D eigenvalue weighted by atomic mass is 9.77. The molecule has 1 atom stereocenters. The maximum Gasteiger partial charge on any atom is 0.0300 e. The van der Waals surface area contributed by atoms with E-state index in [2.05, 4.69) is 58.4 Å². The van der Waals surface area contributed by atoms with Gasteiger partial charge in [0.2, 0.25) is 0 Å². The zero-order chi connectivity index (χ0) is 15.3. The van der Waals surface area contributed by atoms with Gasteiger partial charge in [-0.05, 0) is 65.7 Å². The van der Waals surface area contributed by atoms with Crippen LogP contribution in [0.15, 0.2) is 15.9 Å². The Hall–Kier alpha value is 0.1000. The summed E-state index contributed by atoms with van der Waals surface area (Å²) in [5.74, 6) is 0.888. The second-order valence-corrected chi connectivity index (χ2v) is 9.15. The molecule has 0 saturated carbocycles. The molecule has 2 heterocycles. The summed E-state index contributed by atoms with van der Waals surface area (Å²) in [5.41, 5.74) is 0.473. The number of nitrogens with zero attached hydrogens (tertiary/aromatic N) is 1. The molecular weight excluding hydrogens is 344 g/mol. The first-order valence-electron chi connectivity index (χ1n) is 8.11. The Labute approximate surface area is 142 Å². The van der Waals surface area contributed by atoms with Crippen molar-refractivity contribution in [2.75, 3.05) is 26.2 Å². The van der Waals surface area contributed by atoms with E-state index in [1.165, 1.54) is 48.2 Å². The molecule has 1 N–H and O–H groups in total. The number of rotatable bonds is 5. The van der Waals surface area contributed by atoms with Gasteiger partial charge >= 0.3 is 0 Å². The van der Waals surface area contributed by atoms with E-state index in [4.69, 9.17) is 0 Å². The summed E-state index contributed by atoms with van der Waals surface area (Å²) >= 11 is 5.33. The van der Waals surface area contributed by atoms with Crippen LogP contribution in [-0.4, -0.2) is 31.1 Å². The largest absolute Gasteiger partial charge is 0.311 e. The van der Waals surface area contributed by atoms with E-state index in [1.807, 2.05) is 11.3 Å². The van der Waals surface area contributed by atoms with Crippen LogP contribution in [0.4, 0.5) is 0 Å². The highest BCUT2D eigenvalue weighted by Crippen LogP contribution is 2.34. The van der Waals surface area contributed by atoms with E-state index in [-0.39, 0.29) is 0 Å². The molecule has 4 heteroatoms. The quantitative estimate of drug-likeness (QED) is 0.750. The van der Waals surface area contributed by atoms with Crippen LogP contribution in [0, 0.1) is 11.3 Å². The molecule has 0 spiro atoms. The van der Waals surface area contributed by atoms with Crippen molar-refractivity contribution in [1.82, 2.24) is 10.2 Å². The molecule has 2 rings (SSSR count). The molecule has 1 aliphatic heterocycles. The van der Waals surface area contributed by atoms with Gasteiger partial charge in [-0.1, -0.05) is 20.8 Å². The lowest BCUT2D eigenvalue weighted by Gasteiger charge is -2.29. The topological polar surface area (TPSA) is 15.3 Å². The standard InChI is InChI=1S/C17H29BrN2S/c1-17(2,3)14-5-4-8-20(9-6-14)10-7-19-12-16-11-15(18)13-21-16/h11,13-14,19H,4-10,12H2,1-3H3. The second kappa shape index (κ2) is 8.09. The van der Waals surface area contributed by atoms with Crippen LogP contribution in [0.2, 0.25) is 0 Å². The summed E-state index contributed by atoms with van der Waals surface area (Å²) in [7, 11) is 0. The van der Waals surface area contributed by atoms with E-state index >= 15 is 0 Å². The van der Waals surface area contributed by atoms with Crippen LogP contribution in [0.3, 0.4) is 0 Å². The fourth-order valence-corrected chi connectivity index (χ4v) is 4.56. The Morgan fingerprint density at radius 2 is 2.14 bits per heavy atom. The van der Waals surface area contributed by atoms with Crippen molar-refractivity contribution < 1.29 is 0 Å². The Morgan fingerprint density at radius 1 is 1.33 bits per heavy atom. The van der Waals surface area contributed by atoms with Crippen LogP contribution in [-0.2, 0) is 6.54 Å². The van der Waals surface area contributed by atoms with Gasteiger partial charge in [-0.2, -0.15) is 0 Å². The fourth-order valence-electron chi connectivity index (χ4n) is 3.14. The van der Waals surface area contributed by atoms with Gasteiger partial charge in [0.1, 0.15) is 0 Å². The molecule has 0 radical (unpaired) electrons. The number of hydrogen-bond donors (Lipinski definition) is 1. The number of thiophene rings is 1. The summed E-state index contributed by atoms with van der Waals surface area (Å²) in [6.07, 6.45) is 4.12. The molecule has 1 aliphatic rings. The Bertz CT molecular complexity index is 425. The maximum absolute atomic E-state index is 3.57. The SMILES string of the molecule is CC(C)(C)C1CCCN(CCNCc2cc(Br)cs2)CC1. The molecular formula is C17H29BrN2S. The molecule has 1 fully saturated rings. The van der Waals surface area contributed by atoms with E-state index in [0.717, 1.165) is 19.0 Å². The summed E-state index contributed by atoms with van der Waals surface area (Å²) < 4.78 is 1.20. The first kappa shape index (κ1) is 17.5. The number of likely N-dealkylation sites (tertiary alicyclic amines) is 1. The summed E-state index contributed by atoms with van der Waals surface area (Å²) in [6.45, 7) is 13.0. The third kappa shape index (κ3) is 6.01. The van der Waals surface area contributed by atoms with Crippen molar-refractivity contribution in [2.45, 2.75) is 46.6 Å². The minimum Gasteiger partial charge on any atom is -0.311 e. The summed E-state index contributed by atoms with van der Waals surface area (Å²) in [6, 6.07) is 2.21. The van der Waals surface area contributed by atoms with E-state index in [9.17, 15) is 0 Å². The van der Waals surface area contributed by atoms with Gasteiger partial charge in [0.15, 0.2) is 0 Å². The van der Waals surface area contributed by atoms with Gasteiger partial charge in [-0.3, -0.25) is 0 Å². The van der Waals surface area contributed by atoms with Crippen molar-refractivity contribution in [3.05, 3.63) is 20.8 Å². The third-order valence-electron chi connectivity index (χ3n) is 4.57. The zero-order valence-electron chi connectivity index (χ0n) is 13.6. The molecule has 0 bridgehead atoms. The minimum atomic E-state index is 0.473. The molecule has 2 nitrogen and oxygen atoms in total. The Morgan fingerprint density at radius 3 is 2.81 bits per heavy atom. The van der Waals surface area contributed by atoms with Gasteiger partial charge < -0.3 is 10.2 Å². The highest BCUT2D eigenvalue weighted by molar-refractivity contribution is 9.10. The number of hydrogen-bond acceptors (Lipinski definition) is 3. The molecule has 1 aromatic heterocycles. The monoisotopic (exact) mass is 372 g/mol. The smallest absolute Gasteiger partial charge is 0.0300 e. The van der Waals surface area contributed by atoms with Gasteiger partial charge in [-0.25, -0.2) is 0 Å².